The van der Waals surface area contributed by atoms with E-state index in [1.54, 1.807) is 6.07 Å². The SMILES string of the molecule is O=S(=O)(Cc1noc2ccccc12)NC1CCCCC1. The molecule has 0 amide bonds. The van der Waals surface area contributed by atoms with E-state index in [9.17, 15) is 8.42 Å². The van der Waals surface area contributed by atoms with E-state index in [1.807, 2.05) is 18.2 Å². The first-order chi connectivity index (χ1) is 9.64. The minimum Gasteiger partial charge on any atom is -0.356 e. The molecule has 1 aliphatic rings. The third-order valence-corrected chi connectivity index (χ3v) is 5.08. The highest BCUT2D eigenvalue weighted by molar-refractivity contribution is 7.88. The van der Waals surface area contributed by atoms with E-state index in [4.69, 9.17) is 4.52 Å². The minimum atomic E-state index is -3.37. The van der Waals surface area contributed by atoms with Gasteiger partial charge in [-0.25, -0.2) is 13.1 Å². The molecule has 0 bridgehead atoms. The van der Waals surface area contributed by atoms with Gasteiger partial charge in [0.2, 0.25) is 10.0 Å². The van der Waals surface area contributed by atoms with Crippen molar-refractivity contribution >= 4 is 21.0 Å². The molecule has 0 saturated heterocycles. The zero-order valence-electron chi connectivity index (χ0n) is 11.2. The second kappa shape index (κ2) is 5.54. The lowest BCUT2D eigenvalue weighted by molar-refractivity contribution is 0.411. The predicted octanol–water partition coefficient (Wildman–Crippen LogP) is 2.58. The van der Waals surface area contributed by atoms with Crippen molar-refractivity contribution in [1.82, 2.24) is 9.88 Å². The zero-order chi connectivity index (χ0) is 14.0. The standard InChI is InChI=1S/C14H18N2O3S/c17-20(18,16-11-6-2-1-3-7-11)10-13-12-8-4-5-9-14(12)19-15-13/h4-5,8-9,11,16H,1-3,6-7,10H2. The fourth-order valence-electron chi connectivity index (χ4n) is 2.74. The highest BCUT2D eigenvalue weighted by atomic mass is 32.2. The normalized spacial score (nSPS) is 17.6. The monoisotopic (exact) mass is 294 g/mol. The first kappa shape index (κ1) is 13.6. The molecule has 0 radical (unpaired) electrons. The van der Waals surface area contributed by atoms with E-state index >= 15 is 0 Å². The quantitative estimate of drug-likeness (QED) is 0.940. The highest BCUT2D eigenvalue weighted by Gasteiger charge is 2.22. The Morgan fingerprint density at radius 2 is 1.95 bits per heavy atom. The molecular weight excluding hydrogens is 276 g/mol. The molecule has 20 heavy (non-hydrogen) atoms. The molecule has 5 nitrogen and oxygen atoms in total. The Morgan fingerprint density at radius 3 is 2.75 bits per heavy atom. The summed E-state index contributed by atoms with van der Waals surface area (Å²) in [7, 11) is -3.37. The average molecular weight is 294 g/mol. The van der Waals surface area contributed by atoms with Gasteiger partial charge in [0.05, 0.1) is 0 Å². The second-order valence-corrected chi connectivity index (χ2v) is 7.09. The van der Waals surface area contributed by atoms with E-state index in [2.05, 4.69) is 9.88 Å². The van der Waals surface area contributed by atoms with Crippen LogP contribution in [0.15, 0.2) is 28.8 Å². The molecule has 1 aromatic heterocycles. The third kappa shape index (κ3) is 3.02. The summed E-state index contributed by atoms with van der Waals surface area (Å²) in [6.45, 7) is 0. The smallest absolute Gasteiger partial charge is 0.217 e. The zero-order valence-corrected chi connectivity index (χ0v) is 12.0. The van der Waals surface area contributed by atoms with Crippen molar-refractivity contribution in [2.75, 3.05) is 0 Å². The largest absolute Gasteiger partial charge is 0.356 e. The van der Waals surface area contributed by atoms with Gasteiger partial charge >= 0.3 is 0 Å². The molecule has 0 atom stereocenters. The number of para-hydroxylation sites is 1. The molecule has 0 spiro atoms. The first-order valence-electron chi connectivity index (χ1n) is 6.97. The van der Waals surface area contributed by atoms with Gasteiger partial charge in [-0.3, -0.25) is 0 Å². The Hall–Kier alpha value is -1.40. The van der Waals surface area contributed by atoms with Gasteiger partial charge in [0.15, 0.2) is 5.58 Å². The van der Waals surface area contributed by atoms with Crippen molar-refractivity contribution in [3.8, 4) is 0 Å². The van der Waals surface area contributed by atoms with Crippen LogP contribution in [0.5, 0.6) is 0 Å². The summed E-state index contributed by atoms with van der Waals surface area (Å²) in [5, 5.41) is 4.64. The molecule has 1 saturated carbocycles. The number of nitrogens with one attached hydrogen (secondary N) is 1. The van der Waals surface area contributed by atoms with E-state index in [0.29, 0.717) is 11.3 Å². The van der Waals surface area contributed by atoms with Crippen molar-refractivity contribution in [1.29, 1.82) is 0 Å². The van der Waals surface area contributed by atoms with Gasteiger partial charge in [-0.15, -0.1) is 0 Å². The van der Waals surface area contributed by atoms with Crippen LogP contribution in [-0.2, 0) is 15.8 Å². The third-order valence-electron chi connectivity index (χ3n) is 3.73. The average Bonchev–Trinajstić information content (AvgIpc) is 2.82. The molecule has 108 valence electrons. The van der Waals surface area contributed by atoms with Crippen LogP contribution in [0, 0.1) is 0 Å². The summed E-state index contributed by atoms with van der Waals surface area (Å²) in [4.78, 5) is 0. The van der Waals surface area contributed by atoms with Crippen LogP contribution < -0.4 is 4.72 Å². The van der Waals surface area contributed by atoms with E-state index < -0.39 is 10.0 Å². The van der Waals surface area contributed by atoms with Gasteiger partial charge in [0, 0.05) is 11.4 Å². The lowest BCUT2D eigenvalue weighted by Gasteiger charge is -2.22. The number of hydrogen-bond acceptors (Lipinski definition) is 4. The van der Waals surface area contributed by atoms with Crippen LogP contribution in [-0.4, -0.2) is 19.6 Å². The Balaban J connectivity index is 1.75. The highest BCUT2D eigenvalue weighted by Crippen LogP contribution is 2.21. The molecule has 3 rings (SSSR count). The summed E-state index contributed by atoms with van der Waals surface area (Å²) in [6, 6.07) is 7.38. The summed E-state index contributed by atoms with van der Waals surface area (Å²) >= 11 is 0. The summed E-state index contributed by atoms with van der Waals surface area (Å²) in [5.41, 5.74) is 1.10. The van der Waals surface area contributed by atoms with E-state index in [0.717, 1.165) is 31.1 Å². The van der Waals surface area contributed by atoms with Gasteiger partial charge < -0.3 is 4.52 Å². The van der Waals surface area contributed by atoms with Crippen LogP contribution in [0.3, 0.4) is 0 Å². The van der Waals surface area contributed by atoms with Gasteiger partial charge in [-0.05, 0) is 25.0 Å². The van der Waals surface area contributed by atoms with Crippen LogP contribution in [0.1, 0.15) is 37.8 Å². The number of fused-ring (bicyclic) bond motifs is 1. The maximum Gasteiger partial charge on any atom is 0.217 e. The van der Waals surface area contributed by atoms with Gasteiger partial charge in [-0.2, -0.15) is 0 Å². The lowest BCUT2D eigenvalue weighted by atomic mass is 9.96. The van der Waals surface area contributed by atoms with E-state index in [-0.39, 0.29) is 11.8 Å². The number of nitrogens with zero attached hydrogens (tertiary/aromatic N) is 1. The molecule has 0 aliphatic heterocycles. The molecular formula is C14H18N2O3S. The molecule has 1 heterocycles. The molecule has 6 heteroatoms. The number of sulfonamides is 1. The lowest BCUT2D eigenvalue weighted by Crippen LogP contribution is -2.36. The topological polar surface area (TPSA) is 72.2 Å². The molecule has 1 aliphatic carbocycles. The number of rotatable bonds is 4. The molecule has 1 fully saturated rings. The van der Waals surface area contributed by atoms with Gasteiger partial charge in [0.1, 0.15) is 11.4 Å². The predicted molar refractivity (Wildman–Crippen MR) is 76.6 cm³/mol. The fourth-order valence-corrected chi connectivity index (χ4v) is 4.13. The van der Waals surface area contributed by atoms with Crippen LogP contribution >= 0.6 is 0 Å². The Morgan fingerprint density at radius 1 is 1.20 bits per heavy atom. The number of hydrogen-bond donors (Lipinski definition) is 1. The maximum atomic E-state index is 12.2. The van der Waals surface area contributed by atoms with Crippen molar-refractivity contribution in [2.24, 2.45) is 0 Å². The van der Waals surface area contributed by atoms with Gasteiger partial charge in [-0.1, -0.05) is 36.6 Å². The maximum absolute atomic E-state index is 12.2. The van der Waals surface area contributed by atoms with Crippen molar-refractivity contribution in [2.45, 2.75) is 43.9 Å². The Bertz CT molecular complexity index is 687. The first-order valence-corrected chi connectivity index (χ1v) is 8.62. The number of aromatic nitrogens is 1. The van der Waals surface area contributed by atoms with Crippen LogP contribution in [0.4, 0.5) is 0 Å². The molecule has 2 aromatic rings. The summed E-state index contributed by atoms with van der Waals surface area (Å²) in [6.07, 6.45) is 5.25. The molecule has 0 unspecified atom stereocenters. The summed E-state index contributed by atoms with van der Waals surface area (Å²) in [5.74, 6) is -0.124. The minimum absolute atomic E-state index is 0.0758. The van der Waals surface area contributed by atoms with Crippen molar-refractivity contribution in [3.05, 3.63) is 30.0 Å². The van der Waals surface area contributed by atoms with Crippen molar-refractivity contribution < 1.29 is 12.9 Å². The number of benzene rings is 1. The Kier molecular flexibility index (Phi) is 3.76. The second-order valence-electron chi connectivity index (χ2n) is 5.34. The van der Waals surface area contributed by atoms with E-state index in [1.165, 1.54) is 6.42 Å². The van der Waals surface area contributed by atoms with Crippen LogP contribution in [0.2, 0.25) is 0 Å². The fraction of sp³-hybridized carbons (Fsp3) is 0.500. The molecule has 1 N–H and O–H groups in total. The van der Waals surface area contributed by atoms with Crippen LogP contribution in [0.25, 0.3) is 11.0 Å². The molecule has 1 aromatic carbocycles. The van der Waals surface area contributed by atoms with Crippen molar-refractivity contribution in [3.63, 3.8) is 0 Å². The van der Waals surface area contributed by atoms with Gasteiger partial charge in [0.25, 0.3) is 0 Å². The summed E-state index contributed by atoms with van der Waals surface area (Å²) < 4.78 is 32.4. The Labute approximate surface area is 118 Å².